The first-order chi connectivity index (χ1) is 14.5. The number of anilines is 1. The summed E-state index contributed by atoms with van der Waals surface area (Å²) in [5.74, 6) is -0.288. The standard InChI is InChI=1S/C22H29N3O4.C2H6/c1-15(26)19-13-25(14-21(28)29-22(3,4)5)20-7-6-17(12-18(19)20)24-10-8-23(9-11-24)16(2)27;1-2/h6-7,12-13H,8-11,14H2,1-5H3;1-2H3. The van der Waals surface area contributed by atoms with E-state index in [1.807, 2.05) is 57.7 Å². The van der Waals surface area contributed by atoms with E-state index in [0.29, 0.717) is 18.7 Å². The molecule has 1 aliphatic rings. The molecule has 1 amide bonds. The molecule has 2 aromatic rings. The van der Waals surface area contributed by atoms with Crippen molar-refractivity contribution in [2.24, 2.45) is 0 Å². The van der Waals surface area contributed by atoms with Crippen LogP contribution in [0.1, 0.15) is 58.8 Å². The van der Waals surface area contributed by atoms with Gasteiger partial charge in [0.1, 0.15) is 12.1 Å². The molecular weight excluding hydrogens is 394 g/mol. The van der Waals surface area contributed by atoms with E-state index >= 15 is 0 Å². The Morgan fingerprint density at radius 1 is 1.00 bits per heavy atom. The number of aromatic nitrogens is 1. The molecule has 0 bridgehead atoms. The average Bonchev–Trinajstić information content (AvgIpc) is 3.06. The van der Waals surface area contributed by atoms with Crippen LogP contribution in [0.3, 0.4) is 0 Å². The zero-order valence-electron chi connectivity index (χ0n) is 19.8. The van der Waals surface area contributed by atoms with Gasteiger partial charge in [-0.2, -0.15) is 0 Å². The summed E-state index contributed by atoms with van der Waals surface area (Å²) >= 11 is 0. The second kappa shape index (κ2) is 9.98. The summed E-state index contributed by atoms with van der Waals surface area (Å²) in [5, 5.41) is 0.826. The number of hydrogen-bond acceptors (Lipinski definition) is 5. The van der Waals surface area contributed by atoms with Crippen molar-refractivity contribution in [2.45, 2.75) is 60.6 Å². The van der Waals surface area contributed by atoms with Gasteiger partial charge < -0.3 is 19.1 Å². The predicted molar refractivity (Wildman–Crippen MR) is 124 cm³/mol. The van der Waals surface area contributed by atoms with E-state index in [1.54, 1.807) is 17.7 Å². The smallest absolute Gasteiger partial charge is 0.326 e. The number of carbonyl (C=O) groups excluding carboxylic acids is 3. The second-order valence-electron chi connectivity index (χ2n) is 8.51. The second-order valence-corrected chi connectivity index (χ2v) is 8.51. The van der Waals surface area contributed by atoms with E-state index in [1.165, 1.54) is 6.92 Å². The third kappa shape index (κ3) is 6.09. The number of Topliss-reactive ketones (excluding diaryl/α,β-unsaturated/α-hetero) is 1. The molecule has 0 saturated carbocycles. The molecule has 0 N–H and O–H groups in total. The van der Waals surface area contributed by atoms with E-state index in [4.69, 9.17) is 4.74 Å². The minimum Gasteiger partial charge on any atom is -0.459 e. The summed E-state index contributed by atoms with van der Waals surface area (Å²) in [4.78, 5) is 40.1. The number of piperazine rings is 1. The number of amides is 1. The van der Waals surface area contributed by atoms with Crippen molar-refractivity contribution in [1.82, 2.24) is 9.47 Å². The summed E-state index contributed by atoms with van der Waals surface area (Å²) < 4.78 is 7.20. The van der Waals surface area contributed by atoms with Crippen LogP contribution in [0.4, 0.5) is 5.69 Å². The SMILES string of the molecule is CC.CC(=O)c1cn(CC(=O)OC(C)(C)C)c2ccc(N3CCN(C(C)=O)CC3)cc12. The van der Waals surface area contributed by atoms with Gasteiger partial charge in [-0.1, -0.05) is 13.8 Å². The fraction of sp³-hybridized carbons (Fsp3) is 0.542. The highest BCUT2D eigenvalue weighted by Crippen LogP contribution is 2.28. The lowest BCUT2D eigenvalue weighted by atomic mass is 10.1. The molecule has 1 aliphatic heterocycles. The third-order valence-corrected chi connectivity index (χ3v) is 5.05. The van der Waals surface area contributed by atoms with Crippen LogP contribution in [0.2, 0.25) is 0 Å². The predicted octanol–water partition coefficient (Wildman–Crippen LogP) is 3.88. The Morgan fingerprint density at radius 3 is 2.13 bits per heavy atom. The quantitative estimate of drug-likeness (QED) is 0.545. The van der Waals surface area contributed by atoms with Crippen molar-refractivity contribution in [3.05, 3.63) is 30.0 Å². The van der Waals surface area contributed by atoms with Crippen molar-refractivity contribution >= 4 is 34.3 Å². The van der Waals surface area contributed by atoms with Gasteiger partial charge in [0.25, 0.3) is 0 Å². The molecule has 3 rings (SSSR count). The van der Waals surface area contributed by atoms with Crippen molar-refractivity contribution in [3.63, 3.8) is 0 Å². The molecule has 7 nitrogen and oxygen atoms in total. The Hall–Kier alpha value is -2.83. The fourth-order valence-corrected chi connectivity index (χ4v) is 3.69. The van der Waals surface area contributed by atoms with Crippen LogP contribution < -0.4 is 4.90 Å². The topological polar surface area (TPSA) is 71.8 Å². The van der Waals surface area contributed by atoms with Crippen molar-refractivity contribution in [3.8, 4) is 0 Å². The molecule has 0 spiro atoms. The molecule has 0 atom stereocenters. The summed E-state index contributed by atoms with van der Waals surface area (Å²) in [6.45, 7) is 15.5. The van der Waals surface area contributed by atoms with Gasteiger partial charge in [0, 0.05) is 61.5 Å². The minimum absolute atomic E-state index is 0.0449. The van der Waals surface area contributed by atoms with Crippen molar-refractivity contribution in [1.29, 1.82) is 0 Å². The molecule has 7 heteroatoms. The Bertz CT molecular complexity index is 948. The molecule has 0 radical (unpaired) electrons. The first-order valence-corrected chi connectivity index (χ1v) is 10.9. The molecule has 0 aliphatic carbocycles. The van der Waals surface area contributed by atoms with Crippen LogP contribution in [0.15, 0.2) is 24.4 Å². The van der Waals surface area contributed by atoms with Gasteiger partial charge in [0.05, 0.1) is 0 Å². The summed E-state index contributed by atoms with van der Waals surface area (Å²) in [6.07, 6.45) is 1.73. The first-order valence-electron chi connectivity index (χ1n) is 10.9. The number of ketones is 1. The van der Waals surface area contributed by atoms with E-state index in [0.717, 1.165) is 29.7 Å². The van der Waals surface area contributed by atoms with Crippen LogP contribution in [0, 0.1) is 0 Å². The maximum Gasteiger partial charge on any atom is 0.326 e. The molecule has 31 heavy (non-hydrogen) atoms. The highest BCUT2D eigenvalue weighted by atomic mass is 16.6. The van der Waals surface area contributed by atoms with Crippen molar-refractivity contribution < 1.29 is 19.1 Å². The lowest BCUT2D eigenvalue weighted by Gasteiger charge is -2.35. The molecule has 2 heterocycles. The zero-order valence-corrected chi connectivity index (χ0v) is 19.8. The number of benzene rings is 1. The highest BCUT2D eigenvalue weighted by molar-refractivity contribution is 6.08. The Morgan fingerprint density at radius 2 is 1.61 bits per heavy atom. The van der Waals surface area contributed by atoms with E-state index in [2.05, 4.69) is 4.90 Å². The number of fused-ring (bicyclic) bond motifs is 1. The highest BCUT2D eigenvalue weighted by Gasteiger charge is 2.22. The number of rotatable bonds is 4. The number of carbonyl (C=O) groups is 3. The minimum atomic E-state index is -0.557. The lowest BCUT2D eigenvalue weighted by molar-refractivity contribution is -0.155. The maximum atomic E-state index is 12.3. The van der Waals surface area contributed by atoms with Crippen molar-refractivity contribution in [2.75, 3.05) is 31.1 Å². The van der Waals surface area contributed by atoms with Gasteiger partial charge in [-0.15, -0.1) is 0 Å². The van der Waals surface area contributed by atoms with E-state index < -0.39 is 5.60 Å². The number of hydrogen-bond donors (Lipinski definition) is 0. The van der Waals surface area contributed by atoms with Gasteiger partial charge in [0.15, 0.2) is 5.78 Å². The van der Waals surface area contributed by atoms with Crippen LogP contribution in [-0.2, 0) is 20.9 Å². The van der Waals surface area contributed by atoms with Crippen LogP contribution >= 0.6 is 0 Å². The molecule has 1 aromatic carbocycles. The Kier molecular flexibility index (Phi) is 7.87. The zero-order chi connectivity index (χ0) is 23.3. The molecule has 1 saturated heterocycles. The molecule has 170 valence electrons. The molecule has 1 fully saturated rings. The van der Waals surface area contributed by atoms with Gasteiger partial charge >= 0.3 is 5.97 Å². The summed E-state index contributed by atoms with van der Waals surface area (Å²) in [7, 11) is 0. The lowest BCUT2D eigenvalue weighted by Crippen LogP contribution is -2.48. The maximum absolute atomic E-state index is 12.3. The normalized spacial score (nSPS) is 14.2. The monoisotopic (exact) mass is 429 g/mol. The number of esters is 1. The summed E-state index contributed by atoms with van der Waals surface area (Å²) in [5.41, 5.74) is 1.87. The number of ether oxygens (including phenoxy) is 1. The Balaban J connectivity index is 0.00000166. The molecule has 0 unspecified atom stereocenters. The largest absolute Gasteiger partial charge is 0.459 e. The van der Waals surface area contributed by atoms with Gasteiger partial charge in [-0.3, -0.25) is 14.4 Å². The molecule has 1 aromatic heterocycles. The van der Waals surface area contributed by atoms with Gasteiger partial charge in [0.2, 0.25) is 5.91 Å². The van der Waals surface area contributed by atoms with Crippen LogP contribution in [-0.4, -0.2) is 58.9 Å². The van der Waals surface area contributed by atoms with Gasteiger partial charge in [-0.05, 0) is 45.9 Å². The van der Waals surface area contributed by atoms with Gasteiger partial charge in [-0.25, -0.2) is 0 Å². The van der Waals surface area contributed by atoms with E-state index in [9.17, 15) is 14.4 Å². The van der Waals surface area contributed by atoms with Crippen LogP contribution in [0.25, 0.3) is 10.9 Å². The molecular formula is C24H35N3O4. The third-order valence-electron chi connectivity index (χ3n) is 5.05. The fourth-order valence-electron chi connectivity index (χ4n) is 3.69. The summed E-state index contributed by atoms with van der Waals surface area (Å²) in [6, 6.07) is 5.95. The van der Waals surface area contributed by atoms with Crippen LogP contribution in [0.5, 0.6) is 0 Å². The average molecular weight is 430 g/mol. The Labute approximate surface area is 184 Å². The first kappa shape index (κ1) is 24.4. The van der Waals surface area contributed by atoms with E-state index in [-0.39, 0.29) is 24.2 Å². The number of nitrogens with zero attached hydrogens (tertiary/aromatic N) is 3.